The minimum atomic E-state index is 0.939. The normalized spacial score (nSPS) is 10.1. The second-order valence-electron chi connectivity index (χ2n) is 2.59. The molecule has 0 aliphatic carbocycles. The molecule has 60 valence electrons. The van der Waals surface area contributed by atoms with Gasteiger partial charge >= 0.3 is 0 Å². The number of aryl methyl sites for hydroxylation is 1. The second-order valence-corrected chi connectivity index (χ2v) is 3.72. The Balaban J connectivity index is 3.02. The monoisotopic (exact) mass is 276 g/mol. The Labute approximate surface area is 84.3 Å². The number of benzene rings is 1. The van der Waals surface area contributed by atoms with Crippen molar-refractivity contribution in [3.05, 3.63) is 34.9 Å². The summed E-state index contributed by atoms with van der Waals surface area (Å²) in [4.78, 5) is 0. The average molecular weight is 278 g/mol. The van der Waals surface area contributed by atoms with Crippen LogP contribution in [-0.2, 0) is 10.7 Å². The molecule has 11 heavy (non-hydrogen) atoms. The van der Waals surface area contributed by atoms with Crippen molar-refractivity contribution < 1.29 is 0 Å². The Kier molecular flexibility index (Phi) is 3.60. The van der Waals surface area contributed by atoms with Crippen LogP contribution in [0.1, 0.15) is 16.7 Å². The molecule has 0 radical (unpaired) electrons. The summed E-state index contributed by atoms with van der Waals surface area (Å²) < 4.78 is 0. The number of hydrogen-bond donors (Lipinski definition) is 0. The molecule has 0 spiro atoms. The van der Waals surface area contributed by atoms with Crippen molar-refractivity contribution in [1.29, 1.82) is 0 Å². The second kappa shape index (κ2) is 4.27. The Morgan fingerprint density at radius 3 is 1.82 bits per heavy atom. The highest BCUT2D eigenvalue weighted by Crippen LogP contribution is 2.14. The molecule has 0 aliphatic heterocycles. The smallest absolute Gasteiger partial charge is 0.0283 e. The highest BCUT2D eigenvalue weighted by Gasteiger charge is 1.95. The molecule has 1 aromatic carbocycles. The summed E-state index contributed by atoms with van der Waals surface area (Å²) in [7, 11) is 0. The van der Waals surface area contributed by atoms with E-state index in [9.17, 15) is 0 Å². The molecule has 0 heterocycles. The van der Waals surface area contributed by atoms with Crippen molar-refractivity contribution in [2.45, 2.75) is 17.6 Å². The van der Waals surface area contributed by atoms with E-state index in [0.29, 0.717) is 0 Å². The third-order valence-corrected chi connectivity index (χ3v) is 2.80. The topological polar surface area (TPSA) is 0 Å². The zero-order chi connectivity index (χ0) is 8.27. The quantitative estimate of drug-likeness (QED) is 0.722. The minimum Gasteiger partial charge on any atom is -0.0876 e. The van der Waals surface area contributed by atoms with Gasteiger partial charge in [0.25, 0.3) is 0 Å². The maximum atomic E-state index is 3.44. The minimum absolute atomic E-state index is 0.939. The average Bonchev–Trinajstić information content (AvgIpc) is 2.03. The number of halogens is 2. The number of hydrogen-bond acceptors (Lipinski definition) is 0. The van der Waals surface area contributed by atoms with Crippen LogP contribution >= 0.6 is 31.9 Å². The largest absolute Gasteiger partial charge is 0.0876 e. The fourth-order valence-corrected chi connectivity index (χ4v) is 1.75. The zero-order valence-corrected chi connectivity index (χ0v) is 9.57. The molecule has 1 rings (SSSR count). The van der Waals surface area contributed by atoms with Gasteiger partial charge in [0.05, 0.1) is 0 Å². The summed E-state index contributed by atoms with van der Waals surface area (Å²) in [6, 6.07) is 6.60. The van der Waals surface area contributed by atoms with Gasteiger partial charge in [-0.1, -0.05) is 55.6 Å². The molecule has 0 atom stereocenters. The van der Waals surface area contributed by atoms with Crippen molar-refractivity contribution in [3.63, 3.8) is 0 Å². The molecule has 1 aromatic rings. The summed E-state index contributed by atoms with van der Waals surface area (Å²) in [5, 5.41) is 1.88. The fourth-order valence-electron chi connectivity index (χ4n) is 1.10. The third-order valence-electron chi connectivity index (χ3n) is 1.51. The Hall–Kier alpha value is 0.180. The first-order chi connectivity index (χ1) is 5.26. The van der Waals surface area contributed by atoms with E-state index in [1.54, 1.807) is 0 Å². The van der Waals surface area contributed by atoms with Crippen LogP contribution in [0, 0.1) is 6.92 Å². The lowest BCUT2D eigenvalue weighted by Crippen LogP contribution is -1.84. The summed E-state index contributed by atoms with van der Waals surface area (Å²) in [6.07, 6.45) is 0. The van der Waals surface area contributed by atoms with E-state index in [1.165, 1.54) is 16.7 Å². The Bertz CT molecular complexity index is 221. The summed E-state index contributed by atoms with van der Waals surface area (Å²) in [6.45, 7) is 2.12. The fraction of sp³-hybridized carbons (Fsp3) is 0.333. The van der Waals surface area contributed by atoms with Crippen LogP contribution in [0.3, 0.4) is 0 Å². The highest BCUT2D eigenvalue weighted by molar-refractivity contribution is 9.08. The molecule has 0 saturated heterocycles. The van der Waals surface area contributed by atoms with E-state index in [1.807, 2.05) is 0 Å². The first-order valence-corrected chi connectivity index (χ1v) is 5.72. The summed E-state index contributed by atoms with van der Waals surface area (Å²) in [5.74, 6) is 0. The van der Waals surface area contributed by atoms with Crippen molar-refractivity contribution in [3.8, 4) is 0 Å². The van der Waals surface area contributed by atoms with Gasteiger partial charge in [0.2, 0.25) is 0 Å². The van der Waals surface area contributed by atoms with Crippen LogP contribution in [-0.4, -0.2) is 0 Å². The van der Waals surface area contributed by atoms with Gasteiger partial charge in [-0.25, -0.2) is 0 Å². The Morgan fingerprint density at radius 2 is 1.45 bits per heavy atom. The van der Waals surface area contributed by atoms with Crippen molar-refractivity contribution in [2.75, 3.05) is 0 Å². The van der Waals surface area contributed by atoms with Crippen molar-refractivity contribution in [2.24, 2.45) is 0 Å². The van der Waals surface area contributed by atoms with E-state index >= 15 is 0 Å². The van der Waals surface area contributed by atoms with Crippen LogP contribution in [0.25, 0.3) is 0 Å². The lowest BCUT2D eigenvalue weighted by molar-refractivity contribution is 1.30. The molecule has 0 N–H and O–H groups in total. The molecule has 2 heteroatoms. The van der Waals surface area contributed by atoms with E-state index in [-0.39, 0.29) is 0 Å². The maximum absolute atomic E-state index is 3.44. The van der Waals surface area contributed by atoms with E-state index < -0.39 is 0 Å². The molecule has 0 nitrogen and oxygen atoms in total. The highest BCUT2D eigenvalue weighted by atomic mass is 79.9. The van der Waals surface area contributed by atoms with Crippen molar-refractivity contribution >= 4 is 31.9 Å². The van der Waals surface area contributed by atoms with Crippen LogP contribution in [0.5, 0.6) is 0 Å². The molecule has 0 bridgehead atoms. The zero-order valence-electron chi connectivity index (χ0n) is 6.40. The number of rotatable bonds is 2. The van der Waals surface area contributed by atoms with Gasteiger partial charge in [-0.2, -0.15) is 0 Å². The van der Waals surface area contributed by atoms with Crippen LogP contribution in [0.2, 0.25) is 0 Å². The summed E-state index contributed by atoms with van der Waals surface area (Å²) in [5.41, 5.74) is 4.02. The first-order valence-electron chi connectivity index (χ1n) is 3.47. The molecule has 0 amide bonds. The van der Waals surface area contributed by atoms with E-state index in [4.69, 9.17) is 0 Å². The van der Waals surface area contributed by atoms with Crippen molar-refractivity contribution in [1.82, 2.24) is 0 Å². The van der Waals surface area contributed by atoms with Gasteiger partial charge in [-0.05, 0) is 18.1 Å². The lowest BCUT2D eigenvalue weighted by atomic mass is 10.1. The van der Waals surface area contributed by atoms with Crippen LogP contribution < -0.4 is 0 Å². The van der Waals surface area contributed by atoms with Gasteiger partial charge in [0.15, 0.2) is 0 Å². The van der Waals surface area contributed by atoms with E-state index in [0.717, 1.165) is 10.7 Å². The summed E-state index contributed by atoms with van der Waals surface area (Å²) >= 11 is 6.88. The Morgan fingerprint density at radius 1 is 1.00 bits per heavy atom. The third kappa shape index (κ3) is 2.60. The predicted octanol–water partition coefficient (Wildman–Crippen LogP) is 3.78. The SMILES string of the molecule is Cc1cc(CBr)cc(CBr)c1. The van der Waals surface area contributed by atoms with Gasteiger partial charge in [0, 0.05) is 10.7 Å². The van der Waals surface area contributed by atoms with Crippen LogP contribution in [0.4, 0.5) is 0 Å². The molecular weight excluding hydrogens is 268 g/mol. The molecule has 0 unspecified atom stereocenters. The molecular formula is C9H10Br2. The first kappa shape index (κ1) is 9.27. The lowest BCUT2D eigenvalue weighted by Gasteiger charge is -2.01. The predicted molar refractivity (Wildman–Crippen MR) is 56.4 cm³/mol. The van der Waals surface area contributed by atoms with Gasteiger partial charge in [-0.15, -0.1) is 0 Å². The van der Waals surface area contributed by atoms with Crippen LogP contribution in [0.15, 0.2) is 18.2 Å². The van der Waals surface area contributed by atoms with Gasteiger partial charge < -0.3 is 0 Å². The molecule has 0 aromatic heterocycles. The van der Waals surface area contributed by atoms with E-state index in [2.05, 4.69) is 57.0 Å². The standard InChI is InChI=1S/C9H10Br2/c1-7-2-8(5-10)4-9(3-7)6-11/h2-4H,5-6H2,1H3. The number of alkyl halides is 2. The molecule has 0 saturated carbocycles. The molecule has 0 aliphatic rings. The molecule has 0 fully saturated rings. The van der Waals surface area contributed by atoms with Gasteiger partial charge in [-0.3, -0.25) is 0 Å². The maximum Gasteiger partial charge on any atom is 0.0283 e. The van der Waals surface area contributed by atoms with Gasteiger partial charge in [0.1, 0.15) is 0 Å².